The molecule has 1 N–H and O–H groups in total. The highest BCUT2D eigenvalue weighted by atomic mass is 19.4. The van der Waals surface area contributed by atoms with Crippen molar-refractivity contribution < 1.29 is 23.0 Å². The van der Waals surface area contributed by atoms with Crippen molar-refractivity contribution in [2.24, 2.45) is 0 Å². The van der Waals surface area contributed by atoms with E-state index in [9.17, 15) is 18.4 Å². The van der Waals surface area contributed by atoms with Gasteiger partial charge >= 0.3 is 6.18 Å². The fraction of sp³-hybridized carbons (Fsp3) is 0.286. The van der Waals surface area contributed by atoms with E-state index in [1.54, 1.807) is 0 Å². The Morgan fingerprint density at radius 2 is 2.00 bits per heavy atom. The highest BCUT2D eigenvalue weighted by Gasteiger charge is 2.39. The van der Waals surface area contributed by atoms with Crippen molar-refractivity contribution in [2.75, 3.05) is 0 Å². The van der Waals surface area contributed by atoms with Gasteiger partial charge in [-0.2, -0.15) is 17.9 Å². The molecule has 0 bridgehead atoms. The third kappa shape index (κ3) is 2.09. The van der Waals surface area contributed by atoms with Gasteiger partial charge < -0.3 is 10.3 Å². The standard InChI is InChI=1S/C7H6F3NO2/c8-7(9,10)6-2-1-5(4-12)3-11(6)13/h1-3,12H,4H2. The van der Waals surface area contributed by atoms with Crippen molar-refractivity contribution in [3.05, 3.63) is 34.8 Å². The van der Waals surface area contributed by atoms with Crippen molar-refractivity contribution in [1.82, 2.24) is 0 Å². The third-order valence-electron chi connectivity index (χ3n) is 1.45. The molecule has 1 aromatic rings. The maximum Gasteiger partial charge on any atom is 0.478 e. The predicted molar refractivity (Wildman–Crippen MR) is 36.3 cm³/mol. The second-order valence-corrected chi connectivity index (χ2v) is 2.40. The lowest BCUT2D eigenvalue weighted by Gasteiger charge is -2.07. The molecular weight excluding hydrogens is 187 g/mol. The van der Waals surface area contributed by atoms with Crippen LogP contribution in [0.5, 0.6) is 0 Å². The summed E-state index contributed by atoms with van der Waals surface area (Å²) in [4.78, 5) is 0. The molecule has 0 unspecified atom stereocenters. The van der Waals surface area contributed by atoms with E-state index in [-0.39, 0.29) is 10.3 Å². The highest BCUT2D eigenvalue weighted by molar-refractivity contribution is 5.10. The zero-order valence-corrected chi connectivity index (χ0v) is 6.38. The first kappa shape index (κ1) is 9.79. The smallest absolute Gasteiger partial charge is 0.478 e. The minimum Gasteiger partial charge on any atom is -0.618 e. The molecule has 0 radical (unpaired) electrons. The van der Waals surface area contributed by atoms with Crippen LogP contribution in [-0.4, -0.2) is 5.11 Å². The van der Waals surface area contributed by atoms with Gasteiger partial charge in [0.15, 0.2) is 6.20 Å². The van der Waals surface area contributed by atoms with E-state index >= 15 is 0 Å². The second kappa shape index (κ2) is 3.21. The Bertz CT molecular complexity index is 311. The first-order valence-electron chi connectivity index (χ1n) is 3.35. The van der Waals surface area contributed by atoms with Gasteiger partial charge in [-0.1, -0.05) is 0 Å². The van der Waals surface area contributed by atoms with Crippen LogP contribution < -0.4 is 4.73 Å². The molecule has 1 heterocycles. The van der Waals surface area contributed by atoms with Crippen LogP contribution >= 0.6 is 0 Å². The summed E-state index contributed by atoms with van der Waals surface area (Å²) in [5.41, 5.74) is -1.15. The van der Waals surface area contributed by atoms with Crippen molar-refractivity contribution in [2.45, 2.75) is 12.8 Å². The molecule has 0 fully saturated rings. The Morgan fingerprint density at radius 3 is 2.38 bits per heavy atom. The number of hydrogen-bond donors (Lipinski definition) is 1. The van der Waals surface area contributed by atoms with Crippen LogP contribution in [0.2, 0.25) is 0 Å². The molecule has 0 amide bonds. The molecule has 0 aromatic carbocycles. The zero-order chi connectivity index (χ0) is 10.1. The fourth-order valence-electron chi connectivity index (χ4n) is 0.836. The summed E-state index contributed by atoms with van der Waals surface area (Å²) < 4.78 is 35.7. The van der Waals surface area contributed by atoms with Crippen molar-refractivity contribution in [3.63, 3.8) is 0 Å². The molecule has 13 heavy (non-hydrogen) atoms. The fourth-order valence-corrected chi connectivity index (χ4v) is 0.836. The molecule has 0 aliphatic heterocycles. The monoisotopic (exact) mass is 193 g/mol. The van der Waals surface area contributed by atoms with Gasteiger partial charge in [-0.3, -0.25) is 0 Å². The Morgan fingerprint density at radius 1 is 1.38 bits per heavy atom. The average Bonchev–Trinajstić information content (AvgIpc) is 2.01. The molecule has 6 heteroatoms. The number of pyridine rings is 1. The van der Waals surface area contributed by atoms with Crippen LogP contribution in [0, 0.1) is 5.21 Å². The summed E-state index contributed by atoms with van der Waals surface area (Å²) in [6.45, 7) is -0.458. The maximum atomic E-state index is 12.0. The van der Waals surface area contributed by atoms with E-state index in [0.29, 0.717) is 12.3 Å². The number of aliphatic hydroxyl groups excluding tert-OH is 1. The minimum atomic E-state index is -4.66. The molecule has 0 saturated carbocycles. The topological polar surface area (TPSA) is 47.2 Å². The van der Waals surface area contributed by atoms with Gasteiger partial charge in [0.25, 0.3) is 5.69 Å². The number of aliphatic hydroxyl groups is 1. The molecule has 0 saturated heterocycles. The first-order valence-corrected chi connectivity index (χ1v) is 3.35. The van der Waals surface area contributed by atoms with E-state index in [1.165, 1.54) is 0 Å². The molecule has 0 atom stereocenters. The summed E-state index contributed by atoms with van der Waals surface area (Å²) in [5.74, 6) is 0. The second-order valence-electron chi connectivity index (χ2n) is 2.40. The van der Waals surface area contributed by atoms with Crippen molar-refractivity contribution >= 4 is 0 Å². The zero-order valence-electron chi connectivity index (χ0n) is 6.38. The van der Waals surface area contributed by atoms with Crippen LogP contribution in [0.25, 0.3) is 0 Å². The molecule has 1 aromatic heterocycles. The summed E-state index contributed by atoms with van der Waals surface area (Å²) >= 11 is 0. The van der Waals surface area contributed by atoms with E-state index in [1.807, 2.05) is 0 Å². The van der Waals surface area contributed by atoms with Gasteiger partial charge in [-0.05, 0) is 6.07 Å². The molecule has 1 rings (SSSR count). The molecule has 3 nitrogen and oxygen atoms in total. The van der Waals surface area contributed by atoms with Crippen molar-refractivity contribution in [3.8, 4) is 0 Å². The Hall–Kier alpha value is -1.30. The molecule has 0 aliphatic rings. The Labute approximate surface area is 71.6 Å². The lowest BCUT2D eigenvalue weighted by Crippen LogP contribution is -2.36. The summed E-state index contributed by atoms with van der Waals surface area (Å²) in [5, 5.41) is 19.3. The van der Waals surface area contributed by atoms with Crippen LogP contribution in [0.4, 0.5) is 13.2 Å². The predicted octanol–water partition coefficient (Wildman–Crippen LogP) is 0.831. The number of halogens is 3. The average molecular weight is 193 g/mol. The van der Waals surface area contributed by atoms with Crippen molar-refractivity contribution in [1.29, 1.82) is 0 Å². The minimum absolute atomic E-state index is 0.142. The molecule has 72 valence electrons. The highest BCUT2D eigenvalue weighted by Crippen LogP contribution is 2.26. The SMILES string of the molecule is [O-][n+]1cc(CO)ccc1C(F)(F)F. The number of alkyl halides is 3. The van der Waals surface area contributed by atoms with Gasteiger partial charge in [-0.15, -0.1) is 0 Å². The Kier molecular flexibility index (Phi) is 2.42. The normalized spacial score (nSPS) is 11.7. The summed E-state index contributed by atoms with van der Waals surface area (Å²) in [6.07, 6.45) is -3.96. The molecular formula is C7H6F3NO2. The quantitative estimate of drug-likeness (QED) is 0.530. The number of rotatable bonds is 1. The lowest BCUT2D eigenvalue weighted by atomic mass is 10.2. The Balaban J connectivity index is 3.13. The van der Waals surface area contributed by atoms with E-state index in [2.05, 4.69) is 0 Å². The maximum absolute atomic E-state index is 12.0. The van der Waals surface area contributed by atoms with E-state index < -0.39 is 18.5 Å². The molecule has 0 spiro atoms. The van der Waals surface area contributed by atoms with Crippen LogP contribution in [0.15, 0.2) is 18.3 Å². The lowest BCUT2D eigenvalue weighted by molar-refractivity contribution is -0.629. The van der Waals surface area contributed by atoms with Crippen LogP contribution in [0.1, 0.15) is 11.3 Å². The van der Waals surface area contributed by atoms with Crippen LogP contribution in [0.3, 0.4) is 0 Å². The third-order valence-corrected chi connectivity index (χ3v) is 1.45. The molecule has 0 aliphatic carbocycles. The number of nitrogens with zero attached hydrogens (tertiary/aromatic N) is 1. The summed E-state index contributed by atoms with van der Waals surface area (Å²) in [7, 11) is 0. The van der Waals surface area contributed by atoms with Gasteiger partial charge in [0.1, 0.15) is 0 Å². The summed E-state index contributed by atoms with van der Waals surface area (Å²) in [6, 6.07) is 1.69. The number of hydrogen-bond acceptors (Lipinski definition) is 2. The van der Waals surface area contributed by atoms with Gasteiger partial charge in [-0.25, -0.2) is 0 Å². The van der Waals surface area contributed by atoms with Gasteiger partial charge in [0.2, 0.25) is 0 Å². The van der Waals surface area contributed by atoms with E-state index in [0.717, 1.165) is 6.07 Å². The number of aromatic nitrogens is 1. The van der Waals surface area contributed by atoms with Crippen LogP contribution in [-0.2, 0) is 12.8 Å². The van der Waals surface area contributed by atoms with E-state index in [4.69, 9.17) is 5.11 Å². The van der Waals surface area contributed by atoms with Gasteiger partial charge in [0, 0.05) is 11.6 Å². The van der Waals surface area contributed by atoms with Gasteiger partial charge in [0.05, 0.1) is 6.61 Å². The largest absolute Gasteiger partial charge is 0.618 e. The first-order chi connectivity index (χ1) is 5.95.